The van der Waals surface area contributed by atoms with Crippen molar-refractivity contribution in [1.82, 2.24) is 14.6 Å². The molecule has 0 radical (unpaired) electrons. The fourth-order valence-electron chi connectivity index (χ4n) is 4.90. The molecule has 3 heterocycles. The number of likely N-dealkylation sites (tertiary alicyclic amines) is 1. The maximum absolute atomic E-state index is 14.1. The molecule has 1 saturated heterocycles. The number of hydrogen-bond acceptors (Lipinski definition) is 7. The number of carboxylic acid groups (broad SMARTS) is 1. The summed E-state index contributed by atoms with van der Waals surface area (Å²) in [5.74, 6) is 4.13. The van der Waals surface area contributed by atoms with Crippen LogP contribution >= 0.6 is 0 Å². The van der Waals surface area contributed by atoms with Gasteiger partial charge in [0.25, 0.3) is 11.8 Å². The average Bonchev–Trinajstić information content (AvgIpc) is 3.70. The van der Waals surface area contributed by atoms with E-state index in [9.17, 15) is 23.7 Å². The number of benzene rings is 2. The van der Waals surface area contributed by atoms with Crippen molar-refractivity contribution in [3.8, 4) is 11.8 Å². The van der Waals surface area contributed by atoms with Crippen molar-refractivity contribution in [2.45, 2.75) is 24.7 Å². The minimum atomic E-state index is -3.11. The SMILES string of the molecule is Cc1ccoc1C(=O)Nc1cccc(C#Cc2cncc(C(=O)NS(=O)(=CCCN3CCC(C(=O)O)C3)c3ccccc3)c2)c1. The van der Waals surface area contributed by atoms with Gasteiger partial charge in [-0.1, -0.05) is 36.1 Å². The predicted molar refractivity (Wildman–Crippen MR) is 171 cm³/mol. The summed E-state index contributed by atoms with van der Waals surface area (Å²) in [5, 5.41) is 13.7. The molecule has 0 aliphatic carbocycles. The lowest BCUT2D eigenvalue weighted by Gasteiger charge is -2.16. The van der Waals surface area contributed by atoms with Gasteiger partial charge in [-0.25, -0.2) is 4.21 Å². The maximum atomic E-state index is 14.1. The number of nitrogens with one attached hydrogen (secondary N) is 2. The molecule has 2 aromatic carbocycles. The van der Waals surface area contributed by atoms with Gasteiger partial charge >= 0.3 is 5.97 Å². The van der Waals surface area contributed by atoms with Crippen LogP contribution in [0.4, 0.5) is 5.69 Å². The van der Waals surface area contributed by atoms with Crippen LogP contribution in [-0.2, 0) is 14.5 Å². The number of aryl methyl sites for hydroxylation is 1. The van der Waals surface area contributed by atoms with Crippen molar-refractivity contribution in [3.05, 3.63) is 113 Å². The molecule has 1 fully saturated rings. The number of carboxylic acids is 1. The molecule has 2 unspecified atom stereocenters. The van der Waals surface area contributed by atoms with Gasteiger partial charge < -0.3 is 19.7 Å². The van der Waals surface area contributed by atoms with Gasteiger partial charge in [0.1, 0.15) is 0 Å². The molecular weight excluding hydrogens is 592 g/mol. The molecule has 0 bridgehead atoms. The van der Waals surface area contributed by atoms with E-state index in [0.29, 0.717) is 54.2 Å². The van der Waals surface area contributed by atoms with E-state index < -0.39 is 27.5 Å². The van der Waals surface area contributed by atoms with Gasteiger partial charge in [0, 0.05) is 52.8 Å². The number of pyridine rings is 1. The number of aliphatic carboxylic acids is 1. The summed E-state index contributed by atoms with van der Waals surface area (Å²) in [7, 11) is -3.11. The van der Waals surface area contributed by atoms with Crippen molar-refractivity contribution in [1.29, 1.82) is 0 Å². The Morgan fingerprint density at radius 1 is 1.04 bits per heavy atom. The van der Waals surface area contributed by atoms with Crippen LogP contribution in [0.5, 0.6) is 0 Å². The lowest BCUT2D eigenvalue weighted by atomic mass is 10.1. The Morgan fingerprint density at radius 2 is 1.84 bits per heavy atom. The number of aromatic nitrogens is 1. The Morgan fingerprint density at radius 3 is 2.58 bits per heavy atom. The maximum Gasteiger partial charge on any atom is 0.307 e. The number of rotatable bonds is 9. The first-order chi connectivity index (χ1) is 21.7. The summed E-state index contributed by atoms with van der Waals surface area (Å²) in [4.78, 5) is 43.8. The van der Waals surface area contributed by atoms with Crippen LogP contribution in [0.2, 0.25) is 0 Å². The van der Waals surface area contributed by atoms with E-state index >= 15 is 0 Å². The molecule has 2 atom stereocenters. The zero-order valence-electron chi connectivity index (χ0n) is 24.6. The van der Waals surface area contributed by atoms with Crippen LogP contribution in [0.3, 0.4) is 0 Å². The lowest BCUT2D eigenvalue weighted by Crippen LogP contribution is -2.33. The van der Waals surface area contributed by atoms with Gasteiger partial charge in [0.05, 0.1) is 27.5 Å². The third-order valence-electron chi connectivity index (χ3n) is 7.30. The molecule has 11 heteroatoms. The number of amides is 2. The fraction of sp³-hybridized carbons (Fsp3) is 0.206. The van der Waals surface area contributed by atoms with Gasteiger partial charge in [-0.2, -0.15) is 0 Å². The number of anilines is 1. The molecule has 2 amide bonds. The molecule has 0 saturated carbocycles. The Labute approximate surface area is 261 Å². The number of carbonyl (C=O) groups is 3. The Balaban J connectivity index is 1.29. The number of hydrogen-bond donors (Lipinski definition) is 3. The number of carbonyl (C=O) groups excluding carboxylic acids is 2. The molecule has 0 spiro atoms. The second kappa shape index (κ2) is 14.1. The summed E-state index contributed by atoms with van der Waals surface area (Å²) < 4.78 is 22.1. The standard InChI is InChI=1S/C34H32N4O6S/c1-24-14-17-44-31(24)33(40)36-29-8-5-7-25(20-29)11-12-26-19-28(22-35-21-26)32(39)37-45(43,30-9-3-2-4-10-30)18-6-15-38-16-13-27(23-38)34(41)42/h2-5,7-10,14,17-22,27H,6,13,15-16,23H2,1H3,(H,36,40)(H,41,42)(H,37,39,43). The molecule has 45 heavy (non-hydrogen) atoms. The molecule has 3 N–H and O–H groups in total. The van der Waals surface area contributed by atoms with Gasteiger partial charge in [-0.15, -0.1) is 0 Å². The van der Waals surface area contributed by atoms with Crippen molar-refractivity contribution in [3.63, 3.8) is 0 Å². The highest BCUT2D eigenvalue weighted by Gasteiger charge is 2.27. The van der Waals surface area contributed by atoms with Crippen LogP contribution in [0, 0.1) is 24.7 Å². The highest BCUT2D eigenvalue weighted by atomic mass is 32.2. The van der Waals surface area contributed by atoms with Gasteiger partial charge in [0.15, 0.2) is 5.76 Å². The highest BCUT2D eigenvalue weighted by Crippen LogP contribution is 2.18. The summed E-state index contributed by atoms with van der Waals surface area (Å²) in [6, 6.07) is 19.0. The Bertz CT molecular complexity index is 1900. The summed E-state index contributed by atoms with van der Waals surface area (Å²) >= 11 is 0. The number of nitrogens with zero attached hydrogens (tertiary/aromatic N) is 2. The number of furan rings is 1. The molecular formula is C34H32N4O6S. The van der Waals surface area contributed by atoms with E-state index in [1.807, 2.05) is 4.90 Å². The first-order valence-corrected chi connectivity index (χ1v) is 15.9. The first-order valence-electron chi connectivity index (χ1n) is 14.3. The molecule has 230 valence electrons. The van der Waals surface area contributed by atoms with E-state index in [4.69, 9.17) is 4.42 Å². The quantitative estimate of drug-likeness (QED) is 0.186. The average molecular weight is 625 g/mol. The van der Waals surface area contributed by atoms with Crippen LogP contribution in [0.25, 0.3) is 0 Å². The largest absolute Gasteiger partial charge is 0.481 e. The van der Waals surface area contributed by atoms with Crippen molar-refractivity contribution in [2.24, 2.45) is 5.92 Å². The van der Waals surface area contributed by atoms with Crippen LogP contribution in [-0.4, -0.2) is 62.0 Å². The normalized spacial score (nSPS) is 15.7. The van der Waals surface area contributed by atoms with E-state index in [-0.39, 0.29) is 17.2 Å². The lowest BCUT2D eigenvalue weighted by molar-refractivity contribution is -0.141. The van der Waals surface area contributed by atoms with E-state index in [1.165, 1.54) is 18.7 Å². The fourth-order valence-corrected chi connectivity index (χ4v) is 6.69. The molecule has 10 nitrogen and oxygen atoms in total. The van der Waals surface area contributed by atoms with Crippen LogP contribution < -0.4 is 10.0 Å². The zero-order valence-corrected chi connectivity index (χ0v) is 25.4. The third-order valence-corrected chi connectivity index (χ3v) is 9.46. The first kappa shape index (κ1) is 31.3. The predicted octanol–water partition coefficient (Wildman–Crippen LogP) is 4.22. The summed E-state index contributed by atoms with van der Waals surface area (Å²) in [6.07, 6.45) is 5.34. The second-order valence-corrected chi connectivity index (χ2v) is 12.8. The minimum absolute atomic E-state index is 0.192. The Hall–Kier alpha value is -5.18. The summed E-state index contributed by atoms with van der Waals surface area (Å²) in [5.41, 5.74) is 2.58. The Kier molecular flexibility index (Phi) is 9.77. The van der Waals surface area contributed by atoms with Gasteiger partial charge in [0.2, 0.25) is 0 Å². The summed E-state index contributed by atoms with van der Waals surface area (Å²) in [6.45, 7) is 3.43. The molecule has 4 aromatic rings. The van der Waals surface area contributed by atoms with Crippen molar-refractivity contribution >= 4 is 38.5 Å². The minimum Gasteiger partial charge on any atom is -0.481 e. The van der Waals surface area contributed by atoms with E-state index in [2.05, 4.69) is 26.9 Å². The molecule has 5 rings (SSSR count). The molecule has 1 aliphatic rings. The van der Waals surface area contributed by atoms with Crippen LogP contribution in [0.1, 0.15) is 50.4 Å². The monoisotopic (exact) mass is 624 g/mol. The second-order valence-electron chi connectivity index (χ2n) is 10.6. The smallest absolute Gasteiger partial charge is 0.307 e. The highest BCUT2D eigenvalue weighted by molar-refractivity contribution is 8.00. The van der Waals surface area contributed by atoms with Crippen molar-refractivity contribution < 1.29 is 28.1 Å². The van der Waals surface area contributed by atoms with Gasteiger partial charge in [-0.3, -0.25) is 24.1 Å². The van der Waals surface area contributed by atoms with E-state index in [1.54, 1.807) is 79.0 Å². The van der Waals surface area contributed by atoms with Crippen molar-refractivity contribution in [2.75, 3.05) is 25.0 Å². The zero-order chi connectivity index (χ0) is 31.8. The van der Waals surface area contributed by atoms with Crippen LogP contribution in [0.15, 0.2) is 94.7 Å². The van der Waals surface area contributed by atoms with E-state index in [0.717, 1.165) is 5.56 Å². The topological polar surface area (TPSA) is 142 Å². The van der Waals surface area contributed by atoms with Gasteiger partial charge in [-0.05, 0) is 74.1 Å². The molecule has 1 aliphatic heterocycles. The molecule has 2 aromatic heterocycles. The third kappa shape index (κ3) is 8.06.